The van der Waals surface area contributed by atoms with Crippen LogP contribution in [0.3, 0.4) is 0 Å². The highest BCUT2D eigenvalue weighted by atomic mass is 79.9. The number of ether oxygens (including phenoxy) is 1. The Morgan fingerprint density at radius 3 is 2.67 bits per heavy atom. The molecule has 1 fully saturated rings. The van der Waals surface area contributed by atoms with Gasteiger partial charge in [0.25, 0.3) is 11.8 Å². The second-order valence-corrected chi connectivity index (χ2v) is 10.8. The standard InChI is InChI=1S/C21H18BrN5O7S2/c1-33-26-12(11-15(22)36-21(23)25-11)16(28)24-13-17(29)27-14(19(30)31)10(8-35-18(13)27)7-34-20(32)9-5-3-2-4-6-9/h2-6,13,18H,7-8H2,1H3,(H2,23,25)(H,24,28)(H,30,31)/t13?,18-/m0/s1. The van der Waals surface area contributed by atoms with Crippen LogP contribution in [0.2, 0.25) is 0 Å². The van der Waals surface area contributed by atoms with Crippen LogP contribution in [0, 0.1) is 0 Å². The molecule has 2 aliphatic rings. The number of benzene rings is 1. The number of carbonyl (C=O) groups excluding carboxylic acids is 3. The zero-order valence-electron chi connectivity index (χ0n) is 18.5. The third kappa shape index (κ3) is 4.94. The predicted octanol–water partition coefficient (Wildman–Crippen LogP) is 1.43. The SMILES string of the molecule is CON=C(C(=O)NC1C(=O)N2C(C(=O)O)=C(COC(=O)c3ccccc3)CS[C@@H]12)c1nc(N)sc1Br. The lowest BCUT2D eigenvalue weighted by molar-refractivity contribution is -0.150. The molecule has 0 spiro atoms. The van der Waals surface area contributed by atoms with Gasteiger partial charge in [0, 0.05) is 11.3 Å². The second-order valence-electron chi connectivity index (χ2n) is 7.36. The van der Waals surface area contributed by atoms with E-state index in [9.17, 15) is 24.3 Å². The van der Waals surface area contributed by atoms with Gasteiger partial charge in [0.15, 0.2) is 10.8 Å². The largest absolute Gasteiger partial charge is 0.477 e. The number of anilines is 1. The maximum Gasteiger partial charge on any atom is 0.352 e. The number of hydrogen-bond acceptors (Lipinski definition) is 11. The van der Waals surface area contributed by atoms with Crippen LogP contribution >= 0.6 is 39.0 Å². The Morgan fingerprint density at radius 2 is 2.06 bits per heavy atom. The van der Waals surface area contributed by atoms with E-state index in [4.69, 9.17) is 15.3 Å². The minimum absolute atomic E-state index is 0.144. The number of esters is 1. The molecule has 4 rings (SSSR count). The van der Waals surface area contributed by atoms with E-state index in [0.717, 1.165) is 16.2 Å². The van der Waals surface area contributed by atoms with E-state index in [0.29, 0.717) is 9.35 Å². The number of thiazole rings is 1. The second kappa shape index (κ2) is 10.7. The first-order valence-corrected chi connectivity index (χ1v) is 12.8. The number of nitrogens with zero attached hydrogens (tertiary/aromatic N) is 3. The molecular weight excluding hydrogens is 578 g/mol. The van der Waals surface area contributed by atoms with Crippen molar-refractivity contribution in [1.82, 2.24) is 15.2 Å². The van der Waals surface area contributed by atoms with E-state index < -0.39 is 35.2 Å². The van der Waals surface area contributed by atoms with E-state index in [-0.39, 0.29) is 40.2 Å². The third-order valence-corrected chi connectivity index (χ3v) is 8.02. The van der Waals surface area contributed by atoms with Crippen molar-refractivity contribution in [2.75, 3.05) is 25.2 Å². The van der Waals surface area contributed by atoms with E-state index in [1.54, 1.807) is 30.3 Å². The van der Waals surface area contributed by atoms with Crippen molar-refractivity contribution < 1.29 is 33.9 Å². The zero-order valence-corrected chi connectivity index (χ0v) is 21.7. The number of nitrogens with one attached hydrogen (secondary N) is 1. The molecule has 36 heavy (non-hydrogen) atoms. The summed E-state index contributed by atoms with van der Waals surface area (Å²) in [6, 6.07) is 7.25. The molecular formula is C21H18BrN5O7S2. The summed E-state index contributed by atoms with van der Waals surface area (Å²) in [7, 11) is 1.25. The van der Waals surface area contributed by atoms with E-state index in [1.165, 1.54) is 18.9 Å². The fourth-order valence-electron chi connectivity index (χ4n) is 3.56. The number of oxime groups is 1. The molecule has 1 unspecified atom stereocenters. The molecule has 1 aromatic heterocycles. The van der Waals surface area contributed by atoms with Crippen molar-refractivity contribution in [3.8, 4) is 0 Å². The fourth-order valence-corrected chi connectivity index (χ4v) is 6.22. The summed E-state index contributed by atoms with van der Waals surface area (Å²) in [5, 5.41) is 15.6. The lowest BCUT2D eigenvalue weighted by Crippen LogP contribution is -2.71. The normalized spacial score (nSPS) is 19.3. The molecule has 12 nitrogen and oxygen atoms in total. The summed E-state index contributed by atoms with van der Waals surface area (Å²) < 4.78 is 5.72. The molecule has 4 N–H and O–H groups in total. The van der Waals surface area contributed by atoms with Gasteiger partial charge in [-0.15, -0.1) is 11.8 Å². The van der Waals surface area contributed by atoms with Gasteiger partial charge in [-0.05, 0) is 28.1 Å². The first kappa shape index (κ1) is 25.7. The van der Waals surface area contributed by atoms with Gasteiger partial charge in [0.05, 0.1) is 5.56 Å². The number of halogens is 1. The number of carboxylic acid groups (broad SMARTS) is 1. The van der Waals surface area contributed by atoms with Gasteiger partial charge in [-0.1, -0.05) is 34.7 Å². The first-order chi connectivity index (χ1) is 17.2. The molecule has 0 aliphatic carbocycles. The Hall–Kier alpha value is -3.43. The van der Waals surface area contributed by atoms with E-state index in [2.05, 4.69) is 31.4 Å². The molecule has 1 saturated heterocycles. The number of amides is 2. The van der Waals surface area contributed by atoms with Crippen LogP contribution in [-0.4, -0.2) is 75.3 Å². The highest BCUT2D eigenvalue weighted by Crippen LogP contribution is 2.40. The molecule has 188 valence electrons. The van der Waals surface area contributed by atoms with Gasteiger partial charge >= 0.3 is 11.9 Å². The summed E-state index contributed by atoms with van der Waals surface area (Å²) >= 11 is 5.59. The number of nitrogens with two attached hydrogens (primary N) is 1. The molecule has 2 aromatic rings. The predicted molar refractivity (Wildman–Crippen MR) is 134 cm³/mol. The molecule has 2 aliphatic heterocycles. The highest BCUT2D eigenvalue weighted by molar-refractivity contribution is 9.11. The Kier molecular flexibility index (Phi) is 7.61. The average Bonchev–Trinajstić information content (AvgIpc) is 3.20. The summed E-state index contributed by atoms with van der Waals surface area (Å²) in [4.78, 5) is 60.0. The zero-order chi connectivity index (χ0) is 26.0. The molecule has 3 heterocycles. The summed E-state index contributed by atoms with van der Waals surface area (Å²) in [5.74, 6) is -3.15. The fraction of sp³-hybridized carbons (Fsp3) is 0.238. The topological polar surface area (TPSA) is 174 Å². The Balaban J connectivity index is 1.48. The van der Waals surface area contributed by atoms with Crippen molar-refractivity contribution in [2.24, 2.45) is 5.16 Å². The maximum atomic E-state index is 12.9. The number of fused-ring (bicyclic) bond motifs is 1. The Labute approximate surface area is 220 Å². The van der Waals surface area contributed by atoms with Crippen LogP contribution in [0.1, 0.15) is 16.1 Å². The van der Waals surface area contributed by atoms with Crippen LogP contribution in [0.25, 0.3) is 0 Å². The number of carbonyl (C=O) groups is 4. The van der Waals surface area contributed by atoms with E-state index in [1.807, 2.05) is 0 Å². The molecule has 2 amide bonds. The Bertz CT molecular complexity index is 1300. The molecule has 0 bridgehead atoms. The number of aliphatic carboxylic acids is 1. The quantitative estimate of drug-likeness (QED) is 0.175. The van der Waals surface area contributed by atoms with Crippen molar-refractivity contribution in [1.29, 1.82) is 0 Å². The lowest BCUT2D eigenvalue weighted by Gasteiger charge is -2.49. The van der Waals surface area contributed by atoms with Crippen LogP contribution in [-0.2, 0) is 24.0 Å². The summed E-state index contributed by atoms with van der Waals surface area (Å²) in [6.45, 7) is -0.292. The number of aromatic nitrogens is 1. The number of thioether (sulfide) groups is 1. The smallest absolute Gasteiger partial charge is 0.352 e. The molecule has 15 heteroatoms. The maximum absolute atomic E-state index is 12.9. The number of hydrogen-bond donors (Lipinski definition) is 3. The van der Waals surface area contributed by atoms with Crippen LogP contribution in [0.4, 0.5) is 5.13 Å². The van der Waals surface area contributed by atoms with Crippen molar-refractivity contribution in [3.63, 3.8) is 0 Å². The molecule has 0 saturated carbocycles. The number of rotatable bonds is 8. The van der Waals surface area contributed by atoms with Gasteiger partial charge < -0.3 is 25.7 Å². The van der Waals surface area contributed by atoms with Gasteiger partial charge in [-0.2, -0.15) is 0 Å². The Morgan fingerprint density at radius 1 is 1.33 bits per heavy atom. The molecule has 0 radical (unpaired) electrons. The van der Waals surface area contributed by atoms with Crippen LogP contribution in [0.5, 0.6) is 0 Å². The van der Waals surface area contributed by atoms with Crippen LogP contribution < -0.4 is 11.1 Å². The summed E-state index contributed by atoms with van der Waals surface area (Å²) in [5.41, 5.74) is 5.96. The van der Waals surface area contributed by atoms with Crippen LogP contribution in [0.15, 0.2) is 50.5 Å². The van der Waals surface area contributed by atoms with Gasteiger partial charge in [-0.3, -0.25) is 14.5 Å². The molecule has 2 atom stereocenters. The molecule has 1 aromatic carbocycles. The minimum atomic E-state index is -1.34. The lowest BCUT2D eigenvalue weighted by atomic mass is 10.0. The van der Waals surface area contributed by atoms with Gasteiger partial charge in [0.2, 0.25) is 0 Å². The average molecular weight is 596 g/mol. The van der Waals surface area contributed by atoms with Crippen molar-refractivity contribution >= 4 is 73.6 Å². The monoisotopic (exact) mass is 595 g/mol. The highest BCUT2D eigenvalue weighted by Gasteiger charge is 2.54. The van der Waals surface area contributed by atoms with E-state index >= 15 is 0 Å². The number of nitrogen functional groups attached to an aromatic ring is 1. The first-order valence-electron chi connectivity index (χ1n) is 10.2. The summed E-state index contributed by atoms with van der Waals surface area (Å²) in [6.07, 6.45) is 0. The number of β-lactam (4-membered cyclic amide) rings is 1. The van der Waals surface area contributed by atoms with Crippen molar-refractivity contribution in [3.05, 3.63) is 56.6 Å². The number of carboxylic acids is 1. The minimum Gasteiger partial charge on any atom is -0.477 e. The van der Waals surface area contributed by atoms with Crippen molar-refractivity contribution in [2.45, 2.75) is 11.4 Å². The van der Waals surface area contributed by atoms with Gasteiger partial charge in [-0.25, -0.2) is 14.6 Å². The third-order valence-electron chi connectivity index (χ3n) is 5.15. The van der Waals surface area contributed by atoms with Gasteiger partial charge in [0.1, 0.15) is 40.3 Å².